The van der Waals surface area contributed by atoms with Crippen LogP contribution in [-0.2, 0) is 17.8 Å². The minimum Gasteiger partial charge on any atom is -0.383 e. The number of hydrogen-bond acceptors (Lipinski definition) is 3. The van der Waals surface area contributed by atoms with Crippen molar-refractivity contribution in [1.29, 1.82) is 0 Å². The van der Waals surface area contributed by atoms with E-state index in [1.165, 1.54) is 0 Å². The molecule has 3 rings (SSSR count). The van der Waals surface area contributed by atoms with Crippen LogP contribution in [-0.4, -0.2) is 59.2 Å². The second-order valence-electron chi connectivity index (χ2n) is 6.10. The Bertz CT molecular complexity index is 853. The first-order chi connectivity index (χ1) is 12.6. The Hall–Kier alpha value is -2.49. The van der Waals surface area contributed by atoms with Crippen LogP contribution >= 0.6 is 11.6 Å². The molecule has 1 aliphatic rings. The first-order valence-corrected chi connectivity index (χ1v) is 8.77. The molecule has 2 heterocycles. The fourth-order valence-corrected chi connectivity index (χ4v) is 2.99. The molecule has 26 heavy (non-hydrogen) atoms. The molecule has 1 aromatic heterocycles. The van der Waals surface area contributed by atoms with Gasteiger partial charge in [-0.1, -0.05) is 23.6 Å². The van der Waals surface area contributed by atoms with E-state index in [1.54, 1.807) is 25.3 Å². The van der Waals surface area contributed by atoms with Crippen molar-refractivity contribution in [2.75, 3.05) is 33.9 Å². The summed E-state index contributed by atoms with van der Waals surface area (Å²) in [7, 11) is 3.42. The molecule has 0 fully saturated rings. The molecule has 0 unspecified atom stereocenters. The molecule has 1 aromatic carbocycles. The number of methoxy groups -OCH3 is 1. The monoisotopic (exact) mass is 372 g/mol. The Morgan fingerprint density at radius 3 is 3.00 bits per heavy atom. The maximum Gasteiger partial charge on any atom is 0.320 e. The van der Waals surface area contributed by atoms with Gasteiger partial charge in [0, 0.05) is 44.4 Å². The van der Waals surface area contributed by atoms with Gasteiger partial charge >= 0.3 is 6.03 Å². The number of benzene rings is 1. The number of hydrogen-bond donors (Lipinski definition) is 0. The number of aromatic nitrogens is 2. The molecule has 0 aliphatic carbocycles. The van der Waals surface area contributed by atoms with Crippen LogP contribution in [0, 0.1) is 11.8 Å². The minimum absolute atomic E-state index is 0.000983. The van der Waals surface area contributed by atoms with E-state index < -0.39 is 0 Å². The van der Waals surface area contributed by atoms with E-state index in [-0.39, 0.29) is 6.03 Å². The molecule has 0 atom stereocenters. The van der Waals surface area contributed by atoms with Gasteiger partial charge in [-0.15, -0.1) is 0 Å². The van der Waals surface area contributed by atoms with Gasteiger partial charge in [0.15, 0.2) is 5.82 Å². The summed E-state index contributed by atoms with van der Waals surface area (Å²) < 4.78 is 7.10. The van der Waals surface area contributed by atoms with Crippen LogP contribution in [0.1, 0.15) is 17.1 Å². The number of imidazole rings is 1. The van der Waals surface area contributed by atoms with Crippen LogP contribution in [0.5, 0.6) is 0 Å². The molecule has 2 aromatic rings. The summed E-state index contributed by atoms with van der Waals surface area (Å²) in [4.78, 5) is 20.4. The minimum atomic E-state index is 0.000983. The highest BCUT2D eigenvalue weighted by Crippen LogP contribution is 2.16. The summed E-state index contributed by atoms with van der Waals surface area (Å²) in [5.41, 5.74) is 1.84. The highest BCUT2D eigenvalue weighted by atomic mass is 35.5. The highest BCUT2D eigenvalue weighted by Gasteiger charge is 2.24. The number of ether oxygens (including phenoxy) is 1. The molecule has 0 saturated heterocycles. The lowest BCUT2D eigenvalue weighted by molar-refractivity contribution is 0.128. The fraction of sp³-hybridized carbons (Fsp3) is 0.368. The van der Waals surface area contributed by atoms with Gasteiger partial charge in [-0.2, -0.15) is 0 Å². The Morgan fingerprint density at radius 2 is 2.23 bits per heavy atom. The zero-order valence-electron chi connectivity index (χ0n) is 14.9. The maximum atomic E-state index is 12.5. The number of nitrogens with zero attached hydrogens (tertiary/aromatic N) is 4. The van der Waals surface area contributed by atoms with Crippen molar-refractivity contribution < 1.29 is 9.53 Å². The second-order valence-corrected chi connectivity index (χ2v) is 6.54. The van der Waals surface area contributed by atoms with E-state index in [2.05, 4.69) is 21.4 Å². The van der Waals surface area contributed by atoms with E-state index >= 15 is 0 Å². The van der Waals surface area contributed by atoms with Crippen molar-refractivity contribution in [1.82, 2.24) is 19.4 Å². The lowest BCUT2D eigenvalue weighted by Gasteiger charge is -2.32. The molecule has 2 amide bonds. The number of halogens is 1. The van der Waals surface area contributed by atoms with E-state index in [0.717, 1.165) is 11.3 Å². The van der Waals surface area contributed by atoms with Crippen LogP contribution in [0.15, 0.2) is 30.5 Å². The van der Waals surface area contributed by atoms with Gasteiger partial charge in [0.1, 0.15) is 0 Å². The zero-order valence-corrected chi connectivity index (χ0v) is 15.7. The molecule has 0 radical (unpaired) electrons. The average Bonchev–Trinajstić information content (AvgIpc) is 3.06. The molecule has 6 nitrogen and oxygen atoms in total. The molecule has 7 heteroatoms. The average molecular weight is 373 g/mol. The fourth-order valence-electron chi connectivity index (χ4n) is 2.80. The van der Waals surface area contributed by atoms with E-state index in [4.69, 9.17) is 16.3 Å². The molecular formula is C19H21ClN4O2. The van der Waals surface area contributed by atoms with Gasteiger partial charge in [0.25, 0.3) is 0 Å². The number of rotatable bonds is 3. The van der Waals surface area contributed by atoms with Crippen molar-refractivity contribution in [3.8, 4) is 11.8 Å². The summed E-state index contributed by atoms with van der Waals surface area (Å²) in [5.74, 6) is 6.90. The predicted molar refractivity (Wildman–Crippen MR) is 100.0 cm³/mol. The molecule has 1 aliphatic heterocycles. The van der Waals surface area contributed by atoms with Crippen molar-refractivity contribution in [2.45, 2.75) is 13.1 Å². The van der Waals surface area contributed by atoms with Gasteiger partial charge in [0.05, 0.1) is 25.0 Å². The maximum absolute atomic E-state index is 12.5. The Morgan fingerprint density at radius 1 is 1.38 bits per heavy atom. The SMILES string of the molecule is COCCN(C)C(=O)N1CCn2c(cnc2C#Cc2cccc(Cl)c2)C1. The molecule has 0 bridgehead atoms. The molecule has 136 valence electrons. The molecule has 0 saturated carbocycles. The normalized spacial score (nSPS) is 13.0. The number of amides is 2. The van der Waals surface area contributed by atoms with Crippen LogP contribution in [0.25, 0.3) is 0 Å². The first kappa shape index (κ1) is 18.3. The Labute approximate surface area is 158 Å². The lowest BCUT2D eigenvalue weighted by atomic mass is 10.2. The number of urea groups is 1. The van der Waals surface area contributed by atoms with Crippen LogP contribution in [0.3, 0.4) is 0 Å². The zero-order chi connectivity index (χ0) is 18.5. The van der Waals surface area contributed by atoms with Gasteiger partial charge in [-0.25, -0.2) is 9.78 Å². The third kappa shape index (κ3) is 4.18. The van der Waals surface area contributed by atoms with E-state index in [0.29, 0.717) is 43.6 Å². The van der Waals surface area contributed by atoms with Crippen LogP contribution in [0.2, 0.25) is 5.02 Å². The van der Waals surface area contributed by atoms with Crippen molar-refractivity contribution in [3.05, 3.63) is 52.6 Å². The number of likely N-dealkylation sites (N-methyl/N-ethyl adjacent to an activating group) is 1. The third-order valence-corrected chi connectivity index (χ3v) is 4.49. The summed E-state index contributed by atoms with van der Waals surface area (Å²) in [6.07, 6.45) is 1.79. The number of carbonyl (C=O) groups excluding carboxylic acids is 1. The molecule has 0 N–H and O–H groups in total. The lowest BCUT2D eigenvalue weighted by Crippen LogP contribution is -2.45. The standard InChI is InChI=1S/C19H21ClN4O2/c1-22(10-11-26-2)19(25)23-8-9-24-17(14-23)13-21-18(24)7-6-15-4-3-5-16(20)12-15/h3-5,12-13H,8-11,14H2,1-2H3. The van der Waals surface area contributed by atoms with Crippen LogP contribution in [0.4, 0.5) is 4.79 Å². The Balaban J connectivity index is 1.70. The topological polar surface area (TPSA) is 50.6 Å². The van der Waals surface area contributed by atoms with Gasteiger partial charge in [0.2, 0.25) is 0 Å². The van der Waals surface area contributed by atoms with Gasteiger partial charge in [-0.3, -0.25) is 0 Å². The summed E-state index contributed by atoms with van der Waals surface area (Å²) in [6, 6.07) is 7.43. The molecular weight excluding hydrogens is 352 g/mol. The highest BCUT2D eigenvalue weighted by molar-refractivity contribution is 6.30. The summed E-state index contributed by atoms with van der Waals surface area (Å²) in [5, 5.41) is 0.661. The van der Waals surface area contributed by atoms with Crippen molar-refractivity contribution in [3.63, 3.8) is 0 Å². The van der Waals surface area contributed by atoms with Gasteiger partial charge in [-0.05, 0) is 24.1 Å². The van der Waals surface area contributed by atoms with E-state index in [1.807, 2.05) is 29.2 Å². The summed E-state index contributed by atoms with van der Waals surface area (Å²) >= 11 is 5.99. The quantitative estimate of drug-likeness (QED) is 0.778. The van der Waals surface area contributed by atoms with Crippen molar-refractivity contribution in [2.24, 2.45) is 0 Å². The van der Waals surface area contributed by atoms with Crippen LogP contribution < -0.4 is 0 Å². The largest absolute Gasteiger partial charge is 0.383 e. The first-order valence-electron chi connectivity index (χ1n) is 8.39. The summed E-state index contributed by atoms with van der Waals surface area (Å²) in [6.45, 7) is 2.94. The second kappa shape index (κ2) is 8.26. The Kier molecular flexibility index (Phi) is 5.82. The molecule has 0 spiro atoms. The predicted octanol–water partition coefficient (Wildman–Crippen LogP) is 2.45. The van der Waals surface area contributed by atoms with Crippen molar-refractivity contribution >= 4 is 17.6 Å². The van der Waals surface area contributed by atoms with E-state index in [9.17, 15) is 4.79 Å². The third-order valence-electron chi connectivity index (χ3n) is 4.26. The smallest absolute Gasteiger partial charge is 0.320 e. The van der Waals surface area contributed by atoms with Gasteiger partial charge < -0.3 is 19.1 Å². The number of carbonyl (C=O) groups is 1. The number of fused-ring (bicyclic) bond motifs is 1.